The van der Waals surface area contributed by atoms with E-state index in [1.165, 1.54) is 11.6 Å². The van der Waals surface area contributed by atoms with Crippen molar-refractivity contribution in [3.63, 3.8) is 0 Å². The van der Waals surface area contributed by atoms with Crippen molar-refractivity contribution < 1.29 is 4.39 Å². The number of halogens is 2. The molecule has 0 radical (unpaired) electrons. The van der Waals surface area contributed by atoms with Gasteiger partial charge in [-0.15, -0.1) is 0 Å². The van der Waals surface area contributed by atoms with Gasteiger partial charge in [-0.05, 0) is 54.7 Å². The molecule has 0 saturated carbocycles. The number of piperidine rings is 1. The summed E-state index contributed by atoms with van der Waals surface area (Å²) in [5.41, 5.74) is 2.34. The largest absolute Gasteiger partial charge is 0.371 e. The molecule has 0 bridgehead atoms. The lowest BCUT2D eigenvalue weighted by molar-refractivity contribution is 0.504. The van der Waals surface area contributed by atoms with Gasteiger partial charge in [-0.2, -0.15) is 5.26 Å². The molecule has 0 atom stereocenters. The van der Waals surface area contributed by atoms with E-state index in [2.05, 4.69) is 45.1 Å². The van der Waals surface area contributed by atoms with Gasteiger partial charge in [-0.1, -0.05) is 55.8 Å². The van der Waals surface area contributed by atoms with Crippen molar-refractivity contribution in [2.75, 3.05) is 18.0 Å². The Hall–Kier alpha value is -1.86. The van der Waals surface area contributed by atoms with E-state index >= 15 is 0 Å². The Morgan fingerprint density at radius 3 is 2.08 bits per heavy atom. The molecular weight excluding hydrogens is 391 g/mol. The molecular formula is C22H28BrFN2. The molecule has 1 aliphatic rings. The maximum Gasteiger partial charge on any atom is 0.143 e. The van der Waals surface area contributed by atoms with E-state index in [1.54, 1.807) is 6.07 Å². The first-order chi connectivity index (χ1) is 12.7. The Morgan fingerprint density at radius 1 is 1.00 bits per heavy atom. The molecule has 2 aromatic rings. The zero-order chi connectivity index (χ0) is 19.5. The van der Waals surface area contributed by atoms with Crippen LogP contribution in [0, 0.1) is 17.1 Å². The quantitative estimate of drug-likeness (QED) is 0.530. The third-order valence-corrected chi connectivity index (χ3v) is 4.80. The SMILES string of the molecule is CC.CC.N#Cc1ccc(N2CCC(c3ccc(Br)cc3)CC2)cc1F. The average molecular weight is 419 g/mol. The highest BCUT2D eigenvalue weighted by Gasteiger charge is 2.21. The Balaban J connectivity index is 0.000000791. The van der Waals surface area contributed by atoms with E-state index in [0.717, 1.165) is 36.1 Å². The highest BCUT2D eigenvalue weighted by Crippen LogP contribution is 2.31. The van der Waals surface area contributed by atoms with Crippen molar-refractivity contribution >= 4 is 21.6 Å². The smallest absolute Gasteiger partial charge is 0.143 e. The third-order valence-electron chi connectivity index (χ3n) is 4.27. The van der Waals surface area contributed by atoms with Crippen molar-refractivity contribution in [1.82, 2.24) is 0 Å². The number of hydrogen-bond acceptors (Lipinski definition) is 2. The first-order valence-electron chi connectivity index (χ1n) is 9.37. The second-order valence-electron chi connectivity index (χ2n) is 5.59. The lowest BCUT2D eigenvalue weighted by Crippen LogP contribution is -2.32. The summed E-state index contributed by atoms with van der Waals surface area (Å²) in [5, 5.41) is 8.79. The van der Waals surface area contributed by atoms with Gasteiger partial charge in [0.15, 0.2) is 0 Å². The molecule has 2 aromatic carbocycles. The van der Waals surface area contributed by atoms with Crippen LogP contribution in [0.3, 0.4) is 0 Å². The maximum absolute atomic E-state index is 13.7. The summed E-state index contributed by atoms with van der Waals surface area (Å²) in [5.74, 6) is 0.127. The summed E-state index contributed by atoms with van der Waals surface area (Å²) in [6, 6.07) is 15.2. The molecule has 2 nitrogen and oxygen atoms in total. The van der Waals surface area contributed by atoms with E-state index in [1.807, 2.05) is 39.8 Å². The van der Waals surface area contributed by atoms with Crippen molar-refractivity contribution in [3.8, 4) is 6.07 Å². The van der Waals surface area contributed by atoms with Gasteiger partial charge in [0, 0.05) is 23.2 Å². The normalized spacial score (nSPS) is 13.7. The van der Waals surface area contributed by atoms with E-state index < -0.39 is 5.82 Å². The number of anilines is 1. The van der Waals surface area contributed by atoms with Crippen molar-refractivity contribution in [2.45, 2.75) is 46.5 Å². The highest BCUT2D eigenvalue weighted by molar-refractivity contribution is 9.10. The molecule has 1 aliphatic heterocycles. The van der Waals surface area contributed by atoms with Crippen LogP contribution in [0.1, 0.15) is 57.6 Å². The van der Waals surface area contributed by atoms with E-state index in [0.29, 0.717) is 5.92 Å². The van der Waals surface area contributed by atoms with Gasteiger partial charge in [0.2, 0.25) is 0 Å². The van der Waals surface area contributed by atoms with Gasteiger partial charge in [-0.3, -0.25) is 0 Å². The van der Waals surface area contributed by atoms with Gasteiger partial charge in [0.05, 0.1) is 5.56 Å². The van der Waals surface area contributed by atoms with Crippen LogP contribution in [-0.4, -0.2) is 13.1 Å². The van der Waals surface area contributed by atoms with Crippen LogP contribution in [0.5, 0.6) is 0 Å². The summed E-state index contributed by atoms with van der Waals surface area (Å²) in [7, 11) is 0. The van der Waals surface area contributed by atoms with E-state index in [-0.39, 0.29) is 5.56 Å². The molecule has 0 spiro atoms. The first-order valence-corrected chi connectivity index (χ1v) is 10.2. The summed E-state index contributed by atoms with van der Waals surface area (Å²) in [6.07, 6.45) is 2.12. The van der Waals surface area contributed by atoms with Gasteiger partial charge in [0.25, 0.3) is 0 Å². The highest BCUT2D eigenvalue weighted by atomic mass is 79.9. The predicted molar refractivity (Wildman–Crippen MR) is 112 cm³/mol. The van der Waals surface area contributed by atoms with Crippen LogP contribution in [0.2, 0.25) is 0 Å². The van der Waals surface area contributed by atoms with Gasteiger partial charge < -0.3 is 4.90 Å². The molecule has 1 saturated heterocycles. The van der Waals surface area contributed by atoms with Crippen LogP contribution in [0.25, 0.3) is 0 Å². The van der Waals surface area contributed by atoms with Crippen molar-refractivity contribution in [2.24, 2.45) is 0 Å². The lowest BCUT2D eigenvalue weighted by atomic mass is 9.89. The van der Waals surface area contributed by atoms with Crippen LogP contribution < -0.4 is 4.90 Å². The summed E-state index contributed by atoms with van der Waals surface area (Å²) in [6.45, 7) is 9.82. The average Bonchev–Trinajstić information content (AvgIpc) is 2.72. The summed E-state index contributed by atoms with van der Waals surface area (Å²) >= 11 is 3.46. The van der Waals surface area contributed by atoms with Crippen LogP contribution in [0.15, 0.2) is 46.9 Å². The number of benzene rings is 2. The van der Waals surface area contributed by atoms with E-state index in [4.69, 9.17) is 5.26 Å². The Kier molecular flexibility index (Phi) is 9.98. The number of rotatable bonds is 2. The number of nitrogens with zero attached hydrogens (tertiary/aromatic N) is 2. The molecule has 3 rings (SSSR count). The molecule has 4 heteroatoms. The van der Waals surface area contributed by atoms with Gasteiger partial charge in [0.1, 0.15) is 11.9 Å². The summed E-state index contributed by atoms with van der Waals surface area (Å²) in [4.78, 5) is 2.19. The minimum Gasteiger partial charge on any atom is -0.371 e. The fourth-order valence-electron chi connectivity index (χ4n) is 3.00. The second kappa shape index (κ2) is 11.7. The lowest BCUT2D eigenvalue weighted by Gasteiger charge is -2.34. The molecule has 1 heterocycles. The topological polar surface area (TPSA) is 27.0 Å². The molecule has 0 aromatic heterocycles. The fourth-order valence-corrected chi connectivity index (χ4v) is 3.26. The molecule has 140 valence electrons. The molecule has 1 fully saturated rings. The van der Waals surface area contributed by atoms with Gasteiger partial charge in [-0.25, -0.2) is 4.39 Å². The molecule has 0 unspecified atom stereocenters. The number of hydrogen-bond donors (Lipinski definition) is 0. The summed E-state index contributed by atoms with van der Waals surface area (Å²) < 4.78 is 14.8. The minimum atomic E-state index is -0.435. The molecule has 0 aliphatic carbocycles. The monoisotopic (exact) mass is 418 g/mol. The molecule has 0 amide bonds. The Morgan fingerprint density at radius 2 is 1.58 bits per heavy atom. The predicted octanol–water partition coefficient (Wildman–Crippen LogP) is 6.90. The Labute approximate surface area is 165 Å². The van der Waals surface area contributed by atoms with E-state index in [9.17, 15) is 4.39 Å². The molecule has 26 heavy (non-hydrogen) atoms. The fraction of sp³-hybridized carbons (Fsp3) is 0.409. The zero-order valence-corrected chi connectivity index (χ0v) is 17.7. The second-order valence-corrected chi connectivity index (χ2v) is 6.50. The first kappa shape index (κ1) is 22.2. The van der Waals surface area contributed by atoms with Crippen LogP contribution >= 0.6 is 15.9 Å². The standard InChI is InChI=1S/C18H16BrFN2.2C2H6/c19-16-4-1-13(2-5-16)14-7-9-22(10-8-14)17-6-3-15(12-21)18(20)11-17;2*1-2/h1-6,11,14H,7-10H2;2*1-2H3. The zero-order valence-electron chi connectivity index (χ0n) is 16.1. The maximum atomic E-state index is 13.7. The van der Waals surface area contributed by atoms with Crippen molar-refractivity contribution in [3.05, 3.63) is 63.9 Å². The molecule has 0 N–H and O–H groups in total. The van der Waals surface area contributed by atoms with Crippen LogP contribution in [-0.2, 0) is 0 Å². The number of nitriles is 1. The minimum absolute atomic E-state index is 0.105. The third kappa shape index (κ3) is 5.85. The van der Waals surface area contributed by atoms with Gasteiger partial charge >= 0.3 is 0 Å². The van der Waals surface area contributed by atoms with Crippen LogP contribution in [0.4, 0.5) is 10.1 Å². The van der Waals surface area contributed by atoms with Crippen molar-refractivity contribution in [1.29, 1.82) is 5.26 Å². The Bertz CT molecular complexity index is 699.